The van der Waals surface area contributed by atoms with Crippen LogP contribution in [0.1, 0.15) is 15.9 Å². The van der Waals surface area contributed by atoms with Gasteiger partial charge in [0, 0.05) is 15.6 Å². The van der Waals surface area contributed by atoms with E-state index >= 15 is 0 Å². The van der Waals surface area contributed by atoms with Gasteiger partial charge >= 0.3 is 5.69 Å². The molecule has 1 amide bonds. The Morgan fingerprint density at radius 1 is 1.04 bits per heavy atom. The second-order valence-electron chi connectivity index (χ2n) is 5.31. The third-order valence-corrected chi connectivity index (χ3v) is 5.02. The number of benzene rings is 2. The van der Waals surface area contributed by atoms with E-state index in [1.54, 1.807) is 48.5 Å². The summed E-state index contributed by atoms with van der Waals surface area (Å²) in [5.74, 6) is -0.524. The summed E-state index contributed by atoms with van der Waals surface area (Å²) in [7, 11) is 0. The molecule has 0 aliphatic carbocycles. The number of amides is 1. The third kappa shape index (κ3) is 4.13. The minimum absolute atomic E-state index is 0.117. The number of carbonyl (C=O) groups is 1. The highest BCUT2D eigenvalue weighted by Crippen LogP contribution is 2.11. The first-order valence-electron chi connectivity index (χ1n) is 7.49. The normalized spacial score (nSPS) is 11.7. The molecule has 1 aromatic heterocycles. The minimum Gasteiger partial charge on any atom is -0.376 e. The molecular formula is C17H13Cl2N3O3S. The molecule has 0 atom stereocenters. The Morgan fingerprint density at radius 3 is 2.19 bits per heavy atom. The fourth-order valence-corrected chi connectivity index (χ4v) is 3.40. The number of aliphatic hydroxyl groups is 1. The van der Waals surface area contributed by atoms with Gasteiger partial charge in [-0.25, -0.2) is 13.3 Å². The van der Waals surface area contributed by atoms with Crippen molar-refractivity contribution in [1.29, 1.82) is 0 Å². The molecule has 0 unspecified atom stereocenters. The van der Waals surface area contributed by atoms with Gasteiger partial charge in [-0.05, 0) is 53.5 Å². The molecule has 0 aliphatic rings. The van der Waals surface area contributed by atoms with Crippen molar-refractivity contribution in [1.82, 2.24) is 8.52 Å². The van der Waals surface area contributed by atoms with Crippen LogP contribution in [0.2, 0.25) is 10.0 Å². The summed E-state index contributed by atoms with van der Waals surface area (Å²) in [5.41, 5.74) is 0.748. The lowest BCUT2D eigenvalue weighted by atomic mass is 10.2. The lowest BCUT2D eigenvalue weighted by Gasteiger charge is -2.00. The third-order valence-electron chi connectivity index (χ3n) is 3.54. The van der Waals surface area contributed by atoms with Crippen LogP contribution in [0.4, 0.5) is 0 Å². The minimum atomic E-state index is -0.574. The summed E-state index contributed by atoms with van der Waals surface area (Å²) in [6.45, 7) is -0.291. The Kier molecular flexibility index (Phi) is 5.73. The molecule has 0 saturated carbocycles. The Balaban J connectivity index is 1.97. The molecular weight excluding hydrogens is 397 g/mol. The molecule has 0 fully saturated rings. The van der Waals surface area contributed by atoms with Gasteiger partial charge in [-0.3, -0.25) is 4.79 Å². The smallest absolute Gasteiger partial charge is 0.342 e. The van der Waals surface area contributed by atoms with Crippen LogP contribution in [0.5, 0.6) is 0 Å². The molecule has 0 aliphatic heterocycles. The average Bonchev–Trinajstić information content (AvgIpc) is 2.92. The van der Waals surface area contributed by atoms with Crippen LogP contribution in [0.3, 0.4) is 0 Å². The van der Waals surface area contributed by atoms with Crippen LogP contribution in [-0.4, -0.2) is 19.5 Å². The van der Waals surface area contributed by atoms with E-state index < -0.39 is 18.3 Å². The van der Waals surface area contributed by atoms with Crippen molar-refractivity contribution in [2.24, 2.45) is 4.99 Å². The zero-order chi connectivity index (χ0) is 18.7. The number of aromatic nitrogens is 2. The maximum Gasteiger partial charge on any atom is 0.342 e. The van der Waals surface area contributed by atoms with Crippen molar-refractivity contribution >= 4 is 40.6 Å². The van der Waals surface area contributed by atoms with Crippen molar-refractivity contribution in [2.45, 2.75) is 13.3 Å². The van der Waals surface area contributed by atoms with Crippen molar-refractivity contribution in [3.05, 3.63) is 85.0 Å². The number of hydrogen-bond acceptors (Lipinski definition) is 4. The zero-order valence-corrected chi connectivity index (χ0v) is 15.6. The average molecular weight is 410 g/mol. The summed E-state index contributed by atoms with van der Waals surface area (Å²) < 4.78 is 2.45. The van der Waals surface area contributed by atoms with Crippen molar-refractivity contribution in [3.63, 3.8) is 0 Å². The lowest BCUT2D eigenvalue weighted by Crippen LogP contribution is -2.30. The molecule has 0 spiro atoms. The van der Waals surface area contributed by atoms with Gasteiger partial charge in [-0.2, -0.15) is 4.99 Å². The first-order chi connectivity index (χ1) is 12.5. The fourth-order valence-electron chi connectivity index (χ4n) is 2.20. The SMILES string of the molecule is O=C(/N=c1/sn(Cc2ccc(Cl)cc2)c(=O)n1CO)c1ccc(Cl)cc1. The van der Waals surface area contributed by atoms with Crippen LogP contribution in [0.15, 0.2) is 58.3 Å². The van der Waals surface area contributed by atoms with Gasteiger partial charge in [-0.1, -0.05) is 35.3 Å². The van der Waals surface area contributed by atoms with Crippen molar-refractivity contribution < 1.29 is 9.90 Å². The molecule has 0 radical (unpaired) electrons. The second-order valence-corrected chi connectivity index (χ2v) is 7.17. The topological polar surface area (TPSA) is 76.6 Å². The van der Waals surface area contributed by atoms with Crippen LogP contribution in [-0.2, 0) is 13.3 Å². The molecule has 26 heavy (non-hydrogen) atoms. The number of aliphatic hydroxyl groups excluding tert-OH is 1. The van der Waals surface area contributed by atoms with Gasteiger partial charge in [0.05, 0.1) is 6.54 Å². The van der Waals surface area contributed by atoms with E-state index in [2.05, 4.69) is 4.99 Å². The van der Waals surface area contributed by atoms with Crippen molar-refractivity contribution in [2.75, 3.05) is 0 Å². The Labute approximate surface area is 162 Å². The van der Waals surface area contributed by atoms with E-state index in [1.807, 2.05) is 0 Å². The molecule has 3 aromatic rings. The highest BCUT2D eigenvalue weighted by molar-refractivity contribution is 7.03. The van der Waals surface area contributed by atoms with E-state index in [-0.39, 0.29) is 11.3 Å². The summed E-state index contributed by atoms with van der Waals surface area (Å²) in [5, 5.41) is 10.6. The maximum atomic E-state index is 12.4. The van der Waals surface area contributed by atoms with E-state index in [0.29, 0.717) is 15.6 Å². The van der Waals surface area contributed by atoms with E-state index in [1.165, 1.54) is 3.96 Å². The standard InChI is InChI=1S/C17H13Cl2N3O3S/c18-13-5-1-11(2-6-13)9-22-17(25)21(10-23)16(26-22)20-15(24)12-3-7-14(19)8-4-12/h1-8,23H,9-10H2/b20-16+. The lowest BCUT2D eigenvalue weighted by molar-refractivity contribution is 0.0996. The van der Waals surface area contributed by atoms with E-state index in [4.69, 9.17) is 23.2 Å². The zero-order valence-electron chi connectivity index (χ0n) is 13.3. The number of carbonyl (C=O) groups excluding carboxylic acids is 1. The van der Waals surface area contributed by atoms with Crippen LogP contribution in [0, 0.1) is 0 Å². The summed E-state index contributed by atoms with van der Waals surface area (Å²) in [6.07, 6.45) is 0. The molecule has 1 N–H and O–H groups in total. The number of halogens is 2. The van der Waals surface area contributed by atoms with Crippen LogP contribution < -0.4 is 10.5 Å². The van der Waals surface area contributed by atoms with Crippen LogP contribution in [0.25, 0.3) is 0 Å². The first-order valence-corrected chi connectivity index (χ1v) is 9.02. The second kappa shape index (κ2) is 8.01. The highest BCUT2D eigenvalue weighted by atomic mass is 35.5. The molecule has 0 saturated heterocycles. The largest absolute Gasteiger partial charge is 0.376 e. The highest BCUT2D eigenvalue weighted by Gasteiger charge is 2.11. The van der Waals surface area contributed by atoms with Gasteiger partial charge in [0.2, 0.25) is 4.80 Å². The number of nitrogens with zero attached hydrogens (tertiary/aromatic N) is 3. The van der Waals surface area contributed by atoms with Gasteiger partial charge in [0.15, 0.2) is 0 Å². The van der Waals surface area contributed by atoms with Gasteiger partial charge in [0.1, 0.15) is 6.73 Å². The van der Waals surface area contributed by atoms with Crippen LogP contribution >= 0.6 is 34.7 Å². The molecule has 2 aromatic carbocycles. The van der Waals surface area contributed by atoms with Crippen molar-refractivity contribution in [3.8, 4) is 0 Å². The summed E-state index contributed by atoms with van der Waals surface area (Å²) in [4.78, 5) is 28.8. The predicted molar refractivity (Wildman–Crippen MR) is 101 cm³/mol. The first kappa shape index (κ1) is 18.6. The Hall–Kier alpha value is -2.19. The fraction of sp³-hybridized carbons (Fsp3) is 0.118. The molecule has 3 rings (SSSR count). The summed E-state index contributed by atoms with van der Waals surface area (Å²) in [6, 6.07) is 13.3. The number of hydrogen-bond donors (Lipinski definition) is 1. The molecule has 1 heterocycles. The summed E-state index contributed by atoms with van der Waals surface area (Å²) >= 11 is 12.7. The maximum absolute atomic E-state index is 12.4. The molecule has 134 valence electrons. The molecule has 0 bridgehead atoms. The molecule has 9 heteroatoms. The quantitative estimate of drug-likeness (QED) is 0.719. The van der Waals surface area contributed by atoms with E-state index in [0.717, 1.165) is 21.7 Å². The number of rotatable bonds is 4. The Morgan fingerprint density at radius 2 is 1.62 bits per heavy atom. The predicted octanol–water partition coefficient (Wildman–Crippen LogP) is 2.76. The van der Waals surface area contributed by atoms with Gasteiger partial charge in [0.25, 0.3) is 5.91 Å². The van der Waals surface area contributed by atoms with E-state index in [9.17, 15) is 14.7 Å². The Bertz CT molecular complexity index is 1050. The van der Waals surface area contributed by atoms with Gasteiger partial charge in [-0.15, -0.1) is 0 Å². The monoisotopic (exact) mass is 409 g/mol. The molecule has 6 nitrogen and oxygen atoms in total. The van der Waals surface area contributed by atoms with Gasteiger partial charge < -0.3 is 5.11 Å².